The average molecular weight is 402 g/mol. The van der Waals surface area contributed by atoms with E-state index in [1.165, 1.54) is 24.3 Å². The largest absolute Gasteiger partial charge is 0.435 e. The lowest BCUT2D eigenvalue weighted by Crippen LogP contribution is -2.11. The van der Waals surface area contributed by atoms with Gasteiger partial charge in [0.15, 0.2) is 5.15 Å². The smallest absolute Gasteiger partial charge is 0.339 e. The Bertz CT molecular complexity index is 1130. The summed E-state index contributed by atoms with van der Waals surface area (Å²) in [6, 6.07) is 15.6. The maximum Gasteiger partial charge on any atom is 0.339 e. The molecule has 1 aromatic heterocycles. The molecule has 9 heteroatoms. The van der Waals surface area contributed by atoms with E-state index in [1.54, 1.807) is 30.3 Å². The second-order valence-electron chi connectivity index (χ2n) is 5.43. The Balaban J connectivity index is 1.94. The van der Waals surface area contributed by atoms with Crippen LogP contribution >= 0.6 is 11.6 Å². The van der Waals surface area contributed by atoms with Crippen molar-refractivity contribution in [3.8, 4) is 23.4 Å². The second kappa shape index (κ2) is 7.61. The first-order valence-electron chi connectivity index (χ1n) is 7.60. The number of aromatic nitrogens is 2. The summed E-state index contributed by atoms with van der Waals surface area (Å²) in [6.07, 6.45) is 0. The lowest BCUT2D eigenvalue weighted by molar-refractivity contribution is 0.415. The zero-order chi connectivity index (χ0) is 19.4. The summed E-state index contributed by atoms with van der Waals surface area (Å²) < 4.78 is 35.7. The Labute approximate surface area is 160 Å². The Morgan fingerprint density at radius 2 is 1.81 bits per heavy atom. The highest BCUT2D eigenvalue weighted by Gasteiger charge is 2.21. The summed E-state index contributed by atoms with van der Waals surface area (Å²) in [5.41, 5.74) is 1.27. The molecule has 0 bridgehead atoms. The number of hydrogen-bond donors (Lipinski definition) is 0. The third-order valence-electron chi connectivity index (χ3n) is 3.38. The SMILES string of the molecule is Cc1ccc(S(=O)(=O)Oc2cc(Cl)nnc2Oc2cccc(C#N)c2)cc1. The lowest BCUT2D eigenvalue weighted by atomic mass is 10.2. The first-order valence-corrected chi connectivity index (χ1v) is 9.38. The zero-order valence-electron chi connectivity index (χ0n) is 14.0. The van der Waals surface area contributed by atoms with Gasteiger partial charge in [0.1, 0.15) is 10.6 Å². The standard InChI is InChI=1S/C18H12ClN3O4S/c1-12-5-7-15(8-6-12)27(23,24)26-16-10-17(19)21-22-18(16)25-14-4-2-3-13(9-14)11-20/h2-10H,1H3. The molecule has 0 saturated carbocycles. The van der Waals surface area contributed by atoms with Gasteiger partial charge < -0.3 is 8.92 Å². The summed E-state index contributed by atoms with van der Waals surface area (Å²) in [5.74, 6) is -0.161. The van der Waals surface area contributed by atoms with Gasteiger partial charge in [-0.05, 0) is 37.3 Å². The van der Waals surface area contributed by atoms with Crippen LogP contribution < -0.4 is 8.92 Å². The van der Waals surface area contributed by atoms with Crippen LogP contribution in [0, 0.1) is 18.3 Å². The summed E-state index contributed by atoms with van der Waals surface area (Å²) in [4.78, 5) is -0.0292. The Hall–Kier alpha value is -3.15. The molecule has 0 aliphatic rings. The van der Waals surface area contributed by atoms with E-state index in [0.29, 0.717) is 5.56 Å². The van der Waals surface area contributed by atoms with Crippen molar-refractivity contribution in [2.45, 2.75) is 11.8 Å². The van der Waals surface area contributed by atoms with Crippen LogP contribution in [-0.4, -0.2) is 18.6 Å². The highest BCUT2D eigenvalue weighted by molar-refractivity contribution is 7.87. The fourth-order valence-electron chi connectivity index (χ4n) is 2.08. The summed E-state index contributed by atoms with van der Waals surface area (Å²) in [5, 5.41) is 16.3. The molecule has 0 amide bonds. The van der Waals surface area contributed by atoms with Crippen molar-refractivity contribution < 1.29 is 17.3 Å². The number of rotatable bonds is 5. The lowest BCUT2D eigenvalue weighted by Gasteiger charge is -2.11. The Morgan fingerprint density at radius 1 is 1.07 bits per heavy atom. The van der Waals surface area contributed by atoms with Crippen LogP contribution in [0.25, 0.3) is 0 Å². The monoisotopic (exact) mass is 401 g/mol. The van der Waals surface area contributed by atoms with E-state index in [2.05, 4.69) is 10.2 Å². The fraction of sp³-hybridized carbons (Fsp3) is 0.0556. The van der Waals surface area contributed by atoms with E-state index < -0.39 is 10.1 Å². The molecule has 136 valence electrons. The maximum atomic E-state index is 12.5. The summed E-state index contributed by atoms with van der Waals surface area (Å²) >= 11 is 5.82. The van der Waals surface area contributed by atoms with Crippen LogP contribution in [0.2, 0.25) is 5.15 Å². The highest BCUT2D eigenvalue weighted by atomic mass is 35.5. The molecule has 0 spiro atoms. The number of nitrogens with zero attached hydrogens (tertiary/aromatic N) is 3. The molecule has 0 aliphatic heterocycles. The molecule has 0 aliphatic carbocycles. The van der Waals surface area contributed by atoms with E-state index in [0.717, 1.165) is 5.56 Å². The van der Waals surface area contributed by atoms with E-state index in [4.69, 9.17) is 25.8 Å². The summed E-state index contributed by atoms with van der Waals surface area (Å²) in [6.45, 7) is 1.84. The van der Waals surface area contributed by atoms with Crippen molar-refractivity contribution in [1.29, 1.82) is 5.26 Å². The first kappa shape index (κ1) is 18.6. The van der Waals surface area contributed by atoms with Gasteiger partial charge in [-0.1, -0.05) is 35.4 Å². The molecular formula is C18H12ClN3O4S. The quantitative estimate of drug-likeness (QED) is 0.598. The maximum absolute atomic E-state index is 12.5. The minimum atomic E-state index is -4.13. The third kappa shape index (κ3) is 4.53. The molecule has 7 nitrogen and oxygen atoms in total. The van der Waals surface area contributed by atoms with Crippen LogP contribution in [-0.2, 0) is 10.1 Å². The van der Waals surface area contributed by atoms with Crippen molar-refractivity contribution in [1.82, 2.24) is 10.2 Å². The minimum absolute atomic E-state index is 0.0292. The molecule has 27 heavy (non-hydrogen) atoms. The zero-order valence-corrected chi connectivity index (χ0v) is 15.5. The number of hydrogen-bond acceptors (Lipinski definition) is 7. The first-order chi connectivity index (χ1) is 12.9. The number of halogens is 1. The van der Waals surface area contributed by atoms with Gasteiger partial charge in [-0.15, -0.1) is 10.2 Å². The van der Waals surface area contributed by atoms with Crippen LogP contribution in [0.4, 0.5) is 0 Å². The van der Waals surface area contributed by atoms with Crippen molar-refractivity contribution in [3.63, 3.8) is 0 Å². The van der Waals surface area contributed by atoms with E-state index in [-0.39, 0.29) is 27.4 Å². The molecule has 1 heterocycles. The highest BCUT2D eigenvalue weighted by Crippen LogP contribution is 2.32. The predicted octanol–water partition coefficient (Wildman–Crippen LogP) is 3.87. The van der Waals surface area contributed by atoms with Crippen molar-refractivity contribution in [2.75, 3.05) is 0 Å². The van der Waals surface area contributed by atoms with E-state index in [9.17, 15) is 8.42 Å². The van der Waals surface area contributed by atoms with Gasteiger partial charge in [0.2, 0.25) is 5.75 Å². The van der Waals surface area contributed by atoms with Crippen LogP contribution in [0.15, 0.2) is 59.5 Å². The molecule has 0 unspecified atom stereocenters. The normalized spacial score (nSPS) is 10.9. The Kier molecular flexibility index (Phi) is 5.26. The molecule has 3 aromatic rings. The van der Waals surface area contributed by atoms with E-state index >= 15 is 0 Å². The van der Waals surface area contributed by atoms with E-state index in [1.807, 2.05) is 13.0 Å². The van der Waals surface area contributed by atoms with Crippen LogP contribution in [0.5, 0.6) is 17.4 Å². The Morgan fingerprint density at radius 3 is 2.52 bits per heavy atom. The van der Waals surface area contributed by atoms with Gasteiger partial charge in [0, 0.05) is 6.07 Å². The molecule has 0 N–H and O–H groups in total. The minimum Gasteiger partial charge on any atom is -0.435 e. The predicted molar refractivity (Wildman–Crippen MR) is 97.3 cm³/mol. The molecule has 0 radical (unpaired) electrons. The third-order valence-corrected chi connectivity index (χ3v) is 4.82. The van der Waals surface area contributed by atoms with Gasteiger partial charge in [0.05, 0.1) is 11.6 Å². The van der Waals surface area contributed by atoms with Crippen molar-refractivity contribution >= 4 is 21.7 Å². The van der Waals surface area contributed by atoms with Crippen LogP contribution in [0.3, 0.4) is 0 Å². The molecule has 0 saturated heterocycles. The second-order valence-corrected chi connectivity index (χ2v) is 7.36. The molecular weight excluding hydrogens is 390 g/mol. The molecule has 2 aromatic carbocycles. The number of aryl methyl sites for hydroxylation is 1. The van der Waals surface area contributed by atoms with Crippen molar-refractivity contribution in [2.24, 2.45) is 0 Å². The molecule has 0 fully saturated rings. The van der Waals surface area contributed by atoms with Gasteiger partial charge >= 0.3 is 10.1 Å². The van der Waals surface area contributed by atoms with Crippen molar-refractivity contribution in [3.05, 3.63) is 70.9 Å². The number of nitriles is 1. The topological polar surface area (TPSA) is 102 Å². The number of benzene rings is 2. The molecule has 0 atom stereocenters. The molecule has 3 rings (SSSR count). The van der Waals surface area contributed by atoms with Gasteiger partial charge in [-0.25, -0.2) is 0 Å². The average Bonchev–Trinajstić information content (AvgIpc) is 2.64. The van der Waals surface area contributed by atoms with Crippen LogP contribution in [0.1, 0.15) is 11.1 Å². The van der Waals surface area contributed by atoms with Gasteiger partial charge in [-0.3, -0.25) is 0 Å². The summed E-state index contributed by atoms with van der Waals surface area (Å²) in [7, 11) is -4.13. The van der Waals surface area contributed by atoms with Gasteiger partial charge in [-0.2, -0.15) is 13.7 Å². The fourth-order valence-corrected chi connectivity index (χ4v) is 3.14. The van der Waals surface area contributed by atoms with Gasteiger partial charge in [0.25, 0.3) is 5.88 Å². The number of ether oxygens (including phenoxy) is 1.